The molecular formula is C13H25ClN2. The Labute approximate surface area is 106 Å². The summed E-state index contributed by atoms with van der Waals surface area (Å²) >= 11 is 0. The van der Waals surface area contributed by atoms with E-state index in [-0.39, 0.29) is 12.4 Å². The SMILES string of the molecule is CCCCCCCC[n+]1ccn(CC)c1.[Cl-]. The van der Waals surface area contributed by atoms with Crippen LogP contribution in [0.3, 0.4) is 0 Å². The normalized spacial score (nSPS) is 10.1. The lowest BCUT2D eigenvalue weighted by molar-refractivity contribution is -0.696. The van der Waals surface area contributed by atoms with Crippen molar-refractivity contribution in [1.82, 2.24) is 4.57 Å². The van der Waals surface area contributed by atoms with Gasteiger partial charge in [-0.25, -0.2) is 9.13 Å². The highest BCUT2D eigenvalue weighted by Crippen LogP contribution is 2.04. The molecule has 0 radical (unpaired) electrons. The Morgan fingerprint density at radius 1 is 1.00 bits per heavy atom. The van der Waals surface area contributed by atoms with E-state index in [1.165, 1.54) is 45.1 Å². The average molecular weight is 245 g/mol. The second-order valence-corrected chi connectivity index (χ2v) is 4.25. The molecule has 0 saturated carbocycles. The summed E-state index contributed by atoms with van der Waals surface area (Å²) in [6.45, 7) is 6.70. The summed E-state index contributed by atoms with van der Waals surface area (Å²) in [4.78, 5) is 0. The van der Waals surface area contributed by atoms with Gasteiger partial charge in [0.25, 0.3) is 0 Å². The van der Waals surface area contributed by atoms with Gasteiger partial charge in [-0.1, -0.05) is 32.6 Å². The predicted molar refractivity (Wildman–Crippen MR) is 63.7 cm³/mol. The Balaban J connectivity index is 0.00000225. The minimum Gasteiger partial charge on any atom is -1.00 e. The van der Waals surface area contributed by atoms with Crippen molar-refractivity contribution >= 4 is 0 Å². The van der Waals surface area contributed by atoms with Gasteiger partial charge in [0.05, 0.1) is 13.1 Å². The van der Waals surface area contributed by atoms with E-state index >= 15 is 0 Å². The summed E-state index contributed by atoms with van der Waals surface area (Å²) in [6.07, 6.45) is 14.8. The monoisotopic (exact) mass is 244 g/mol. The highest BCUT2D eigenvalue weighted by Gasteiger charge is 2.00. The number of aryl methyl sites for hydroxylation is 2. The molecule has 1 heterocycles. The summed E-state index contributed by atoms with van der Waals surface area (Å²) in [7, 11) is 0. The number of rotatable bonds is 8. The van der Waals surface area contributed by atoms with E-state index in [0.717, 1.165) is 6.54 Å². The van der Waals surface area contributed by atoms with Crippen LogP contribution < -0.4 is 17.0 Å². The van der Waals surface area contributed by atoms with Gasteiger partial charge < -0.3 is 12.4 Å². The molecule has 0 unspecified atom stereocenters. The van der Waals surface area contributed by atoms with E-state index in [0.29, 0.717) is 0 Å². The molecular weight excluding hydrogens is 220 g/mol. The number of unbranched alkanes of at least 4 members (excludes halogenated alkanes) is 5. The van der Waals surface area contributed by atoms with Crippen molar-refractivity contribution in [3.05, 3.63) is 18.7 Å². The average Bonchev–Trinajstić information content (AvgIpc) is 2.71. The highest BCUT2D eigenvalue weighted by molar-refractivity contribution is 4.64. The third-order valence-electron chi connectivity index (χ3n) is 2.88. The van der Waals surface area contributed by atoms with E-state index < -0.39 is 0 Å². The molecule has 0 amide bonds. The first-order valence-electron chi connectivity index (χ1n) is 6.41. The molecule has 0 atom stereocenters. The van der Waals surface area contributed by atoms with Gasteiger partial charge in [-0.05, 0) is 19.8 Å². The Hall–Kier alpha value is -0.500. The van der Waals surface area contributed by atoms with E-state index in [9.17, 15) is 0 Å². The predicted octanol–water partition coefficient (Wildman–Crippen LogP) is 0.160. The van der Waals surface area contributed by atoms with Gasteiger partial charge in [0, 0.05) is 0 Å². The molecule has 3 heteroatoms. The second kappa shape index (κ2) is 9.71. The van der Waals surface area contributed by atoms with Crippen LogP contribution in [0.15, 0.2) is 18.7 Å². The summed E-state index contributed by atoms with van der Waals surface area (Å²) in [5.41, 5.74) is 0. The lowest BCUT2D eigenvalue weighted by atomic mass is 10.1. The molecule has 2 nitrogen and oxygen atoms in total. The van der Waals surface area contributed by atoms with Crippen molar-refractivity contribution in [1.29, 1.82) is 0 Å². The van der Waals surface area contributed by atoms with Crippen molar-refractivity contribution in [2.75, 3.05) is 0 Å². The van der Waals surface area contributed by atoms with Gasteiger partial charge in [-0.15, -0.1) is 0 Å². The molecule has 0 aliphatic heterocycles. The molecule has 0 aliphatic carbocycles. The third-order valence-corrected chi connectivity index (χ3v) is 2.88. The Bertz CT molecular complexity index is 258. The maximum atomic E-state index is 2.29. The molecule has 0 N–H and O–H groups in total. The van der Waals surface area contributed by atoms with Gasteiger partial charge in [-0.3, -0.25) is 0 Å². The third kappa shape index (κ3) is 6.16. The van der Waals surface area contributed by atoms with Crippen LogP contribution in [0.2, 0.25) is 0 Å². The van der Waals surface area contributed by atoms with Gasteiger partial charge in [-0.2, -0.15) is 0 Å². The molecule has 94 valence electrons. The Morgan fingerprint density at radius 3 is 2.31 bits per heavy atom. The fourth-order valence-corrected chi connectivity index (χ4v) is 1.83. The molecule has 0 bridgehead atoms. The van der Waals surface area contributed by atoms with Crippen LogP contribution in [0.5, 0.6) is 0 Å². The number of hydrogen-bond donors (Lipinski definition) is 0. The minimum absolute atomic E-state index is 0. The smallest absolute Gasteiger partial charge is 0.243 e. The number of halogens is 1. The summed E-state index contributed by atoms with van der Waals surface area (Å²) in [5.74, 6) is 0. The van der Waals surface area contributed by atoms with Gasteiger partial charge >= 0.3 is 0 Å². The highest BCUT2D eigenvalue weighted by atomic mass is 35.5. The van der Waals surface area contributed by atoms with Crippen LogP contribution in [-0.4, -0.2) is 4.57 Å². The lowest BCUT2D eigenvalue weighted by Gasteiger charge is -1.98. The van der Waals surface area contributed by atoms with Crippen molar-refractivity contribution in [2.45, 2.75) is 65.5 Å². The van der Waals surface area contributed by atoms with Crippen LogP contribution in [0.25, 0.3) is 0 Å². The fraction of sp³-hybridized carbons (Fsp3) is 0.769. The van der Waals surface area contributed by atoms with Gasteiger partial charge in [0.15, 0.2) is 0 Å². The summed E-state index contributed by atoms with van der Waals surface area (Å²) in [6, 6.07) is 0. The van der Waals surface area contributed by atoms with E-state index in [2.05, 4.69) is 41.7 Å². The Morgan fingerprint density at radius 2 is 1.69 bits per heavy atom. The van der Waals surface area contributed by atoms with Crippen LogP contribution in [0.4, 0.5) is 0 Å². The topological polar surface area (TPSA) is 8.81 Å². The van der Waals surface area contributed by atoms with Crippen molar-refractivity contribution in [2.24, 2.45) is 0 Å². The standard InChI is InChI=1S/C13H25N2.ClH/c1-3-5-6-7-8-9-10-15-12-11-14(4-2)13-15;/h11-13H,3-10H2,1-2H3;1H/q+1;/p-1. The zero-order chi connectivity index (χ0) is 10.9. The van der Waals surface area contributed by atoms with E-state index in [4.69, 9.17) is 0 Å². The number of hydrogen-bond acceptors (Lipinski definition) is 0. The molecule has 0 aliphatic rings. The first-order valence-corrected chi connectivity index (χ1v) is 6.41. The lowest BCUT2D eigenvalue weighted by Crippen LogP contribution is -3.00. The quantitative estimate of drug-likeness (QED) is 0.455. The first kappa shape index (κ1) is 15.5. The van der Waals surface area contributed by atoms with Crippen LogP contribution in [0, 0.1) is 0 Å². The van der Waals surface area contributed by atoms with Crippen molar-refractivity contribution < 1.29 is 17.0 Å². The zero-order valence-electron chi connectivity index (χ0n) is 10.7. The zero-order valence-corrected chi connectivity index (χ0v) is 11.4. The molecule has 16 heavy (non-hydrogen) atoms. The first-order chi connectivity index (χ1) is 7.36. The summed E-state index contributed by atoms with van der Waals surface area (Å²) in [5, 5.41) is 0. The molecule has 0 fully saturated rings. The Kier molecular flexibility index (Phi) is 9.40. The van der Waals surface area contributed by atoms with Crippen LogP contribution >= 0.6 is 0 Å². The van der Waals surface area contributed by atoms with Crippen LogP contribution in [-0.2, 0) is 13.1 Å². The van der Waals surface area contributed by atoms with Crippen molar-refractivity contribution in [3.8, 4) is 0 Å². The van der Waals surface area contributed by atoms with E-state index in [1.807, 2.05) is 0 Å². The minimum atomic E-state index is 0. The molecule has 1 aromatic heterocycles. The largest absolute Gasteiger partial charge is 1.00 e. The number of nitrogens with zero attached hydrogens (tertiary/aromatic N) is 2. The van der Waals surface area contributed by atoms with Crippen molar-refractivity contribution in [3.63, 3.8) is 0 Å². The molecule has 0 saturated heterocycles. The fourth-order valence-electron chi connectivity index (χ4n) is 1.83. The molecule has 1 rings (SSSR count). The number of imidazole rings is 1. The molecule has 0 spiro atoms. The molecule has 0 aromatic carbocycles. The van der Waals surface area contributed by atoms with Gasteiger partial charge in [0.1, 0.15) is 12.4 Å². The second-order valence-electron chi connectivity index (χ2n) is 4.25. The van der Waals surface area contributed by atoms with Gasteiger partial charge in [0.2, 0.25) is 6.33 Å². The van der Waals surface area contributed by atoms with E-state index in [1.54, 1.807) is 0 Å². The molecule has 1 aromatic rings. The maximum absolute atomic E-state index is 2.29. The maximum Gasteiger partial charge on any atom is 0.243 e. The number of aromatic nitrogens is 2. The summed E-state index contributed by atoms with van der Waals surface area (Å²) < 4.78 is 4.51. The van der Waals surface area contributed by atoms with Crippen LogP contribution in [0.1, 0.15) is 52.4 Å².